The maximum atomic E-state index is 13.0. The molecule has 2 amide bonds. The maximum Gasteiger partial charge on any atom is 0.261 e. The van der Waals surface area contributed by atoms with Crippen LogP contribution in [-0.4, -0.2) is 26.0 Å². The van der Waals surface area contributed by atoms with E-state index < -0.39 is 15.8 Å². The van der Waals surface area contributed by atoms with Crippen molar-refractivity contribution in [2.75, 3.05) is 21.1 Å². The maximum absolute atomic E-state index is 13.0. The Morgan fingerprint density at radius 1 is 0.968 bits per heavy atom. The lowest BCUT2D eigenvalue weighted by Gasteiger charge is -2.17. The molecule has 0 saturated heterocycles. The van der Waals surface area contributed by atoms with Crippen LogP contribution in [0.25, 0.3) is 0 Å². The van der Waals surface area contributed by atoms with Crippen LogP contribution in [-0.2, 0) is 14.8 Å². The summed E-state index contributed by atoms with van der Waals surface area (Å²) in [7, 11) is -3.86. The van der Waals surface area contributed by atoms with E-state index in [2.05, 4.69) is 15.4 Å². The zero-order chi connectivity index (χ0) is 22.0. The molecule has 0 atom stereocenters. The molecule has 3 aromatic carbocycles. The first-order chi connectivity index (χ1) is 14.8. The Kier molecular flexibility index (Phi) is 5.66. The topological polar surface area (TPSA) is 104 Å². The fourth-order valence-corrected chi connectivity index (χ4v) is 4.72. The number of hydrogen-bond donors (Lipinski definition) is 3. The van der Waals surface area contributed by atoms with Crippen molar-refractivity contribution in [2.45, 2.75) is 9.79 Å². The van der Waals surface area contributed by atoms with E-state index in [1.807, 2.05) is 0 Å². The van der Waals surface area contributed by atoms with E-state index in [4.69, 9.17) is 0 Å². The molecule has 10 heteroatoms. The first kappa shape index (κ1) is 20.9. The van der Waals surface area contributed by atoms with Crippen molar-refractivity contribution in [1.29, 1.82) is 0 Å². The Balaban J connectivity index is 1.44. The predicted molar refractivity (Wildman–Crippen MR) is 117 cm³/mol. The number of benzene rings is 3. The molecule has 0 aliphatic carbocycles. The van der Waals surface area contributed by atoms with Gasteiger partial charge in [-0.25, -0.2) is 12.8 Å². The molecule has 1 heterocycles. The Bertz CT molecular complexity index is 1260. The molecule has 3 N–H and O–H groups in total. The highest BCUT2D eigenvalue weighted by molar-refractivity contribution is 8.00. The second-order valence-corrected chi connectivity index (χ2v) is 9.34. The Labute approximate surface area is 182 Å². The van der Waals surface area contributed by atoms with Gasteiger partial charge in [-0.1, -0.05) is 0 Å². The average molecular weight is 458 g/mol. The molecule has 0 unspecified atom stereocenters. The zero-order valence-corrected chi connectivity index (χ0v) is 17.5. The highest BCUT2D eigenvalue weighted by atomic mass is 32.2. The van der Waals surface area contributed by atoms with Crippen molar-refractivity contribution >= 4 is 50.7 Å². The van der Waals surface area contributed by atoms with Gasteiger partial charge in [0.25, 0.3) is 15.9 Å². The van der Waals surface area contributed by atoms with Crippen LogP contribution in [0.1, 0.15) is 10.4 Å². The molecule has 0 fully saturated rings. The fraction of sp³-hybridized carbons (Fsp3) is 0.0476. The minimum absolute atomic E-state index is 0.0658. The molecule has 0 saturated carbocycles. The van der Waals surface area contributed by atoms with Crippen LogP contribution < -0.4 is 15.4 Å². The quantitative estimate of drug-likeness (QED) is 0.539. The monoisotopic (exact) mass is 457 g/mol. The highest BCUT2D eigenvalue weighted by Crippen LogP contribution is 2.32. The number of thioether (sulfide) groups is 1. The number of nitrogens with one attached hydrogen (secondary N) is 3. The van der Waals surface area contributed by atoms with Crippen LogP contribution in [0.2, 0.25) is 0 Å². The molecular formula is C21H16FN3O4S2. The number of carbonyl (C=O) groups is 2. The molecule has 31 heavy (non-hydrogen) atoms. The van der Waals surface area contributed by atoms with E-state index in [9.17, 15) is 22.4 Å². The summed E-state index contributed by atoms with van der Waals surface area (Å²) in [6.07, 6.45) is 0. The van der Waals surface area contributed by atoms with Gasteiger partial charge >= 0.3 is 0 Å². The molecule has 4 rings (SSSR count). The molecule has 158 valence electrons. The molecular weight excluding hydrogens is 441 g/mol. The van der Waals surface area contributed by atoms with Crippen molar-refractivity contribution in [3.8, 4) is 0 Å². The molecule has 0 radical (unpaired) electrons. The van der Waals surface area contributed by atoms with Gasteiger partial charge in [-0.3, -0.25) is 14.3 Å². The van der Waals surface area contributed by atoms with E-state index in [0.717, 1.165) is 17.0 Å². The lowest BCUT2D eigenvalue weighted by atomic mass is 10.1. The summed E-state index contributed by atoms with van der Waals surface area (Å²) >= 11 is 1.41. The fourth-order valence-electron chi connectivity index (χ4n) is 2.88. The second kappa shape index (κ2) is 8.40. The SMILES string of the molecule is O=C1CSc2ccc(C(=O)Nc3ccc(NS(=O)(=O)c4ccc(F)cc4)cc3)cc2N1. The Morgan fingerprint density at radius 2 is 1.65 bits per heavy atom. The van der Waals surface area contributed by atoms with E-state index in [1.54, 1.807) is 30.3 Å². The van der Waals surface area contributed by atoms with Crippen molar-refractivity contribution < 1.29 is 22.4 Å². The van der Waals surface area contributed by atoms with Crippen LogP contribution in [0.5, 0.6) is 0 Å². The molecule has 3 aromatic rings. The number of amides is 2. The van der Waals surface area contributed by atoms with Gasteiger partial charge in [0.1, 0.15) is 5.82 Å². The van der Waals surface area contributed by atoms with Gasteiger partial charge in [-0.15, -0.1) is 11.8 Å². The van der Waals surface area contributed by atoms with Gasteiger partial charge in [-0.05, 0) is 66.7 Å². The minimum Gasteiger partial charge on any atom is -0.324 e. The number of sulfonamides is 1. The molecule has 1 aliphatic heterocycles. The van der Waals surface area contributed by atoms with Crippen LogP contribution >= 0.6 is 11.8 Å². The first-order valence-corrected chi connectivity index (χ1v) is 11.5. The van der Waals surface area contributed by atoms with E-state index in [-0.39, 0.29) is 22.4 Å². The summed E-state index contributed by atoms with van der Waals surface area (Å²) in [5.74, 6) is -0.671. The molecule has 0 bridgehead atoms. The molecule has 7 nitrogen and oxygen atoms in total. The number of halogens is 1. The van der Waals surface area contributed by atoms with Gasteiger partial charge < -0.3 is 10.6 Å². The number of hydrogen-bond acceptors (Lipinski definition) is 5. The summed E-state index contributed by atoms with van der Waals surface area (Å²) in [5.41, 5.74) is 1.73. The van der Waals surface area contributed by atoms with Gasteiger partial charge in [0.15, 0.2) is 0 Å². The summed E-state index contributed by atoms with van der Waals surface area (Å²) in [4.78, 5) is 24.9. The van der Waals surface area contributed by atoms with E-state index in [0.29, 0.717) is 22.7 Å². The second-order valence-electron chi connectivity index (χ2n) is 6.64. The number of fused-ring (bicyclic) bond motifs is 1. The Morgan fingerprint density at radius 3 is 2.35 bits per heavy atom. The van der Waals surface area contributed by atoms with Crippen molar-refractivity contribution in [2.24, 2.45) is 0 Å². The van der Waals surface area contributed by atoms with Gasteiger partial charge in [0, 0.05) is 21.8 Å². The van der Waals surface area contributed by atoms with Crippen LogP contribution in [0.4, 0.5) is 21.5 Å². The average Bonchev–Trinajstić information content (AvgIpc) is 2.74. The van der Waals surface area contributed by atoms with Crippen LogP contribution in [0.15, 0.2) is 76.5 Å². The number of carbonyl (C=O) groups excluding carboxylic acids is 2. The molecule has 0 spiro atoms. The number of anilines is 3. The predicted octanol–water partition coefficient (Wildman–Crippen LogP) is 3.92. The first-order valence-electron chi connectivity index (χ1n) is 9.07. The van der Waals surface area contributed by atoms with Crippen LogP contribution in [0.3, 0.4) is 0 Å². The minimum atomic E-state index is -3.86. The lowest BCUT2D eigenvalue weighted by molar-refractivity contribution is -0.113. The summed E-state index contributed by atoms with van der Waals surface area (Å²) in [6, 6.07) is 15.6. The Hall–Kier alpha value is -3.37. The third-order valence-corrected chi connectivity index (χ3v) is 6.86. The van der Waals surface area contributed by atoms with Crippen molar-refractivity contribution in [1.82, 2.24) is 0 Å². The summed E-state index contributed by atoms with van der Waals surface area (Å²) in [6.45, 7) is 0. The standard InChI is InChI=1S/C21H16FN3O4S2/c22-14-2-8-17(9-3-14)31(28,29)25-16-6-4-15(5-7-16)23-21(27)13-1-10-19-18(11-13)24-20(26)12-30-19/h1-11,25H,12H2,(H,23,27)(H,24,26). The van der Waals surface area contributed by atoms with Gasteiger partial charge in [-0.2, -0.15) is 0 Å². The van der Waals surface area contributed by atoms with Gasteiger partial charge in [0.05, 0.1) is 16.3 Å². The normalized spacial score (nSPS) is 13.1. The van der Waals surface area contributed by atoms with Crippen molar-refractivity contribution in [3.63, 3.8) is 0 Å². The van der Waals surface area contributed by atoms with Crippen molar-refractivity contribution in [3.05, 3.63) is 78.1 Å². The van der Waals surface area contributed by atoms with Crippen LogP contribution in [0, 0.1) is 5.82 Å². The third kappa shape index (κ3) is 4.86. The molecule has 1 aliphatic rings. The largest absolute Gasteiger partial charge is 0.324 e. The molecule has 0 aromatic heterocycles. The number of rotatable bonds is 5. The van der Waals surface area contributed by atoms with E-state index >= 15 is 0 Å². The third-order valence-electron chi connectivity index (χ3n) is 4.39. The lowest BCUT2D eigenvalue weighted by Crippen LogP contribution is -2.19. The highest BCUT2D eigenvalue weighted by Gasteiger charge is 2.18. The summed E-state index contributed by atoms with van der Waals surface area (Å²) in [5, 5.41) is 5.47. The zero-order valence-electron chi connectivity index (χ0n) is 15.9. The van der Waals surface area contributed by atoms with E-state index in [1.165, 1.54) is 36.0 Å². The smallest absolute Gasteiger partial charge is 0.261 e. The summed E-state index contributed by atoms with van der Waals surface area (Å²) < 4.78 is 40.1. The van der Waals surface area contributed by atoms with Gasteiger partial charge in [0.2, 0.25) is 5.91 Å².